The second-order valence-electron chi connectivity index (χ2n) is 9.02. The molecule has 1 aliphatic carbocycles. The van der Waals surface area contributed by atoms with Gasteiger partial charge in [-0.3, -0.25) is 4.79 Å². The van der Waals surface area contributed by atoms with Gasteiger partial charge in [-0.25, -0.2) is 0 Å². The first kappa shape index (κ1) is 22.3. The summed E-state index contributed by atoms with van der Waals surface area (Å²) in [4.78, 5) is 16.1. The fraction of sp³-hybridized carbons (Fsp3) is 0.731. The maximum absolute atomic E-state index is 13.6. The lowest BCUT2D eigenvalue weighted by Crippen LogP contribution is -2.34. The number of ketones is 1. The van der Waals surface area contributed by atoms with Gasteiger partial charge in [-0.1, -0.05) is 39.5 Å². The summed E-state index contributed by atoms with van der Waals surface area (Å²) in [5, 5.41) is 0. The number of carbonyl (C=O) groups excluding carboxylic acids is 1. The first-order valence-corrected chi connectivity index (χ1v) is 12.3. The van der Waals surface area contributed by atoms with Crippen LogP contribution in [0.2, 0.25) is 0 Å². The molecular formula is C26H41NO2. The molecule has 1 heterocycles. The number of hydrogen-bond acceptors (Lipinski definition) is 3. The summed E-state index contributed by atoms with van der Waals surface area (Å²) in [6.07, 6.45) is 14.2. The SMILES string of the molecule is CCCCCOc1ccc(C(=O)C(CC)CN2CCCCCC2)c2c1CCCC2. The van der Waals surface area contributed by atoms with Crippen molar-refractivity contribution in [2.75, 3.05) is 26.2 Å². The minimum absolute atomic E-state index is 0.121. The summed E-state index contributed by atoms with van der Waals surface area (Å²) in [5.74, 6) is 1.52. The van der Waals surface area contributed by atoms with Crippen LogP contribution in [0.4, 0.5) is 0 Å². The van der Waals surface area contributed by atoms with E-state index in [1.54, 1.807) is 0 Å². The van der Waals surface area contributed by atoms with Gasteiger partial charge in [0.2, 0.25) is 0 Å². The zero-order valence-corrected chi connectivity index (χ0v) is 18.8. The smallest absolute Gasteiger partial charge is 0.167 e. The van der Waals surface area contributed by atoms with E-state index >= 15 is 0 Å². The van der Waals surface area contributed by atoms with Crippen LogP contribution in [0.25, 0.3) is 0 Å². The molecule has 0 amide bonds. The number of likely N-dealkylation sites (tertiary alicyclic amines) is 1. The van der Waals surface area contributed by atoms with Gasteiger partial charge in [-0.05, 0) is 87.7 Å². The van der Waals surface area contributed by atoms with Crippen LogP contribution >= 0.6 is 0 Å². The Morgan fingerprint density at radius 1 is 0.966 bits per heavy atom. The fourth-order valence-corrected chi connectivity index (χ4v) is 4.98. The van der Waals surface area contributed by atoms with Gasteiger partial charge in [-0.2, -0.15) is 0 Å². The summed E-state index contributed by atoms with van der Waals surface area (Å²) in [6.45, 7) is 8.44. The summed E-state index contributed by atoms with van der Waals surface area (Å²) < 4.78 is 6.14. The fourth-order valence-electron chi connectivity index (χ4n) is 4.98. The predicted octanol–water partition coefficient (Wildman–Crippen LogP) is 6.22. The number of hydrogen-bond donors (Lipinski definition) is 0. The lowest BCUT2D eigenvalue weighted by atomic mass is 9.83. The molecule has 3 rings (SSSR count). The third-order valence-corrected chi connectivity index (χ3v) is 6.80. The monoisotopic (exact) mass is 399 g/mol. The van der Waals surface area contributed by atoms with E-state index in [0.717, 1.165) is 63.2 Å². The van der Waals surface area contributed by atoms with Gasteiger partial charge in [0.15, 0.2) is 5.78 Å². The van der Waals surface area contributed by atoms with E-state index in [1.165, 1.54) is 62.5 Å². The Balaban J connectivity index is 1.74. The molecule has 1 saturated heterocycles. The van der Waals surface area contributed by atoms with Crippen molar-refractivity contribution < 1.29 is 9.53 Å². The maximum Gasteiger partial charge on any atom is 0.167 e. The highest BCUT2D eigenvalue weighted by molar-refractivity contribution is 6.00. The predicted molar refractivity (Wildman–Crippen MR) is 121 cm³/mol. The minimum atomic E-state index is 0.121. The molecule has 0 aromatic heterocycles. The van der Waals surface area contributed by atoms with Crippen molar-refractivity contribution in [3.63, 3.8) is 0 Å². The Labute approximate surface area is 178 Å². The highest BCUT2D eigenvalue weighted by Gasteiger charge is 2.27. The van der Waals surface area contributed by atoms with Crippen LogP contribution in [0.15, 0.2) is 12.1 Å². The van der Waals surface area contributed by atoms with Crippen LogP contribution < -0.4 is 4.74 Å². The zero-order chi connectivity index (χ0) is 20.5. The quantitative estimate of drug-likeness (QED) is 0.345. The number of carbonyl (C=O) groups is 1. The van der Waals surface area contributed by atoms with Gasteiger partial charge in [0.25, 0.3) is 0 Å². The maximum atomic E-state index is 13.6. The van der Waals surface area contributed by atoms with E-state index in [1.807, 2.05) is 0 Å². The molecule has 0 radical (unpaired) electrons. The molecule has 3 heteroatoms. The highest BCUT2D eigenvalue weighted by atomic mass is 16.5. The minimum Gasteiger partial charge on any atom is -0.493 e. The van der Waals surface area contributed by atoms with Gasteiger partial charge in [0.05, 0.1) is 6.61 Å². The second-order valence-corrected chi connectivity index (χ2v) is 9.02. The van der Waals surface area contributed by atoms with E-state index in [-0.39, 0.29) is 5.92 Å². The molecule has 0 bridgehead atoms. The Bertz CT molecular complexity index is 646. The second kappa shape index (κ2) is 11.7. The number of nitrogens with zero attached hydrogens (tertiary/aromatic N) is 1. The molecule has 0 N–H and O–H groups in total. The number of ether oxygens (including phenoxy) is 1. The molecule has 1 aromatic rings. The van der Waals surface area contributed by atoms with E-state index < -0.39 is 0 Å². The van der Waals surface area contributed by atoms with Gasteiger partial charge in [0.1, 0.15) is 5.75 Å². The zero-order valence-electron chi connectivity index (χ0n) is 18.8. The molecule has 2 aliphatic rings. The van der Waals surface area contributed by atoms with Crippen molar-refractivity contribution in [3.8, 4) is 5.75 Å². The standard InChI is InChI=1S/C26H41NO2/c1-3-5-12-19-29-25-16-15-24(22-13-8-9-14-23(22)25)26(28)21(4-2)20-27-17-10-6-7-11-18-27/h15-16,21H,3-14,17-20H2,1-2H3. The average Bonchev–Trinajstić information content (AvgIpc) is 3.03. The lowest BCUT2D eigenvalue weighted by molar-refractivity contribution is 0.0875. The molecule has 0 saturated carbocycles. The van der Waals surface area contributed by atoms with Gasteiger partial charge < -0.3 is 9.64 Å². The third kappa shape index (κ3) is 6.07. The molecule has 3 nitrogen and oxygen atoms in total. The average molecular weight is 400 g/mol. The molecule has 0 spiro atoms. The summed E-state index contributed by atoms with van der Waals surface area (Å²) >= 11 is 0. The summed E-state index contributed by atoms with van der Waals surface area (Å²) in [5.41, 5.74) is 3.61. The van der Waals surface area contributed by atoms with Crippen LogP contribution in [-0.2, 0) is 12.8 Å². The topological polar surface area (TPSA) is 29.5 Å². The van der Waals surface area contributed by atoms with Crippen LogP contribution in [-0.4, -0.2) is 36.9 Å². The van der Waals surface area contributed by atoms with Crippen molar-refractivity contribution in [2.45, 2.75) is 90.9 Å². The van der Waals surface area contributed by atoms with Crippen molar-refractivity contribution in [3.05, 3.63) is 28.8 Å². The Hall–Kier alpha value is -1.35. The van der Waals surface area contributed by atoms with E-state index in [4.69, 9.17) is 4.74 Å². The first-order chi connectivity index (χ1) is 14.2. The van der Waals surface area contributed by atoms with E-state index in [9.17, 15) is 4.79 Å². The van der Waals surface area contributed by atoms with Crippen molar-refractivity contribution in [1.29, 1.82) is 0 Å². The lowest BCUT2D eigenvalue weighted by Gasteiger charge is -2.27. The highest BCUT2D eigenvalue weighted by Crippen LogP contribution is 2.34. The van der Waals surface area contributed by atoms with Crippen LogP contribution in [0.3, 0.4) is 0 Å². The van der Waals surface area contributed by atoms with Crippen LogP contribution in [0.1, 0.15) is 99.5 Å². The van der Waals surface area contributed by atoms with Crippen molar-refractivity contribution in [1.82, 2.24) is 4.90 Å². The Morgan fingerprint density at radius 3 is 2.38 bits per heavy atom. The normalized spacial score (nSPS) is 18.7. The van der Waals surface area contributed by atoms with E-state index in [2.05, 4.69) is 30.9 Å². The van der Waals surface area contributed by atoms with Crippen molar-refractivity contribution in [2.24, 2.45) is 5.92 Å². The first-order valence-electron chi connectivity index (χ1n) is 12.3. The number of benzene rings is 1. The molecule has 1 atom stereocenters. The van der Waals surface area contributed by atoms with Gasteiger partial charge in [0, 0.05) is 18.0 Å². The van der Waals surface area contributed by atoms with E-state index in [0.29, 0.717) is 5.78 Å². The number of unbranched alkanes of at least 4 members (excludes halogenated alkanes) is 2. The molecule has 1 aliphatic heterocycles. The summed E-state index contributed by atoms with van der Waals surface area (Å²) in [7, 11) is 0. The van der Waals surface area contributed by atoms with Gasteiger partial charge >= 0.3 is 0 Å². The molecule has 1 aromatic carbocycles. The molecule has 29 heavy (non-hydrogen) atoms. The number of fused-ring (bicyclic) bond motifs is 1. The van der Waals surface area contributed by atoms with Gasteiger partial charge in [-0.15, -0.1) is 0 Å². The molecule has 1 fully saturated rings. The third-order valence-electron chi connectivity index (χ3n) is 6.80. The largest absolute Gasteiger partial charge is 0.493 e. The number of rotatable bonds is 10. The van der Waals surface area contributed by atoms with Crippen molar-refractivity contribution >= 4 is 5.78 Å². The van der Waals surface area contributed by atoms with Crippen LogP contribution in [0.5, 0.6) is 5.75 Å². The number of Topliss-reactive ketones (excluding diaryl/α,β-unsaturated/α-hetero) is 1. The Morgan fingerprint density at radius 2 is 1.69 bits per heavy atom. The van der Waals surface area contributed by atoms with Crippen LogP contribution in [0, 0.1) is 5.92 Å². The Kier molecular flexibility index (Phi) is 9.04. The molecular weight excluding hydrogens is 358 g/mol. The summed E-state index contributed by atoms with van der Waals surface area (Å²) in [6, 6.07) is 4.16. The molecule has 1 unspecified atom stereocenters. The molecule has 162 valence electrons.